The van der Waals surface area contributed by atoms with Crippen LogP contribution in [0.3, 0.4) is 0 Å². The van der Waals surface area contributed by atoms with Crippen LogP contribution >= 0.6 is 0 Å². The summed E-state index contributed by atoms with van der Waals surface area (Å²) in [4.78, 5) is 12.3. The second-order valence-corrected chi connectivity index (χ2v) is 7.21. The first-order valence-corrected chi connectivity index (χ1v) is 8.27. The van der Waals surface area contributed by atoms with E-state index in [0.29, 0.717) is 0 Å². The van der Waals surface area contributed by atoms with Crippen LogP contribution in [0.15, 0.2) is 35.9 Å². The fourth-order valence-corrected chi connectivity index (χ4v) is 3.22. The second kappa shape index (κ2) is 6.34. The maximum absolute atomic E-state index is 12.3. The van der Waals surface area contributed by atoms with Gasteiger partial charge < -0.3 is 14.2 Å². The molecule has 4 nitrogen and oxygen atoms in total. The summed E-state index contributed by atoms with van der Waals surface area (Å²) in [5.74, 6) is 1.65. The summed E-state index contributed by atoms with van der Waals surface area (Å²) in [7, 11) is 0. The summed E-state index contributed by atoms with van der Waals surface area (Å²) >= 11 is 0. The van der Waals surface area contributed by atoms with Crippen LogP contribution in [0.2, 0.25) is 0 Å². The maximum atomic E-state index is 12.3. The molecule has 1 fully saturated rings. The Labute approximate surface area is 143 Å². The van der Waals surface area contributed by atoms with Crippen LogP contribution in [-0.4, -0.2) is 19.4 Å². The summed E-state index contributed by atoms with van der Waals surface area (Å²) in [6.45, 7) is 8.90. The van der Waals surface area contributed by atoms with E-state index in [-0.39, 0.29) is 36.6 Å². The van der Waals surface area contributed by atoms with Crippen LogP contribution in [0.5, 0.6) is 11.5 Å². The number of benzene rings is 1. The van der Waals surface area contributed by atoms with Crippen molar-refractivity contribution in [2.75, 3.05) is 13.4 Å². The van der Waals surface area contributed by atoms with E-state index in [0.717, 1.165) is 17.1 Å². The Balaban J connectivity index is 1.51. The average Bonchev–Trinajstić information content (AvgIpc) is 2.87. The quantitative estimate of drug-likeness (QED) is 0.600. The first-order valence-electron chi connectivity index (χ1n) is 8.27. The molecule has 0 spiro atoms. The van der Waals surface area contributed by atoms with Crippen LogP contribution in [0.25, 0.3) is 6.08 Å². The van der Waals surface area contributed by atoms with Gasteiger partial charge in [0.1, 0.15) is 6.61 Å². The largest absolute Gasteiger partial charge is 0.461 e. The highest BCUT2D eigenvalue weighted by molar-refractivity contribution is 5.78. The molecule has 0 radical (unpaired) electrons. The van der Waals surface area contributed by atoms with Crippen molar-refractivity contribution in [1.29, 1.82) is 0 Å². The molecule has 2 atom stereocenters. The molecule has 3 rings (SSSR count). The lowest BCUT2D eigenvalue weighted by Crippen LogP contribution is -2.10. The number of fused-ring (bicyclic) bond motifs is 1. The molecule has 2 aliphatic rings. The normalized spacial score (nSPS) is 23.2. The lowest BCUT2D eigenvalue weighted by Gasteiger charge is -2.03. The Morgan fingerprint density at radius 1 is 1.29 bits per heavy atom. The molecule has 0 unspecified atom stereocenters. The van der Waals surface area contributed by atoms with Crippen molar-refractivity contribution < 1.29 is 19.0 Å². The second-order valence-electron chi connectivity index (χ2n) is 7.21. The average molecular weight is 328 g/mol. The Bertz CT molecular complexity index is 696. The minimum Gasteiger partial charge on any atom is -0.461 e. The minimum absolute atomic E-state index is 0.00457. The van der Waals surface area contributed by atoms with Gasteiger partial charge in [-0.15, -0.1) is 0 Å². The van der Waals surface area contributed by atoms with E-state index in [1.165, 1.54) is 5.57 Å². The topological polar surface area (TPSA) is 44.8 Å². The number of rotatable bonds is 5. The van der Waals surface area contributed by atoms with E-state index >= 15 is 0 Å². The monoisotopic (exact) mass is 328 g/mol. The standard InChI is InChI=1S/C20H24O4/c1-13(2)10-15-18(20(15,3)4)19(21)22-9-5-6-14-7-8-16-17(11-14)24-12-23-16/h5-8,10-11,15,18H,9,12H2,1-4H3/b6-5+/t15-,18+/m0/s1. The van der Waals surface area contributed by atoms with Crippen molar-refractivity contribution in [2.45, 2.75) is 27.7 Å². The Morgan fingerprint density at radius 2 is 2.04 bits per heavy atom. The molecule has 0 N–H and O–H groups in total. The van der Waals surface area contributed by atoms with E-state index in [4.69, 9.17) is 14.2 Å². The van der Waals surface area contributed by atoms with E-state index < -0.39 is 0 Å². The van der Waals surface area contributed by atoms with Crippen molar-refractivity contribution in [2.24, 2.45) is 17.3 Å². The molecule has 24 heavy (non-hydrogen) atoms. The fraction of sp³-hybridized carbons (Fsp3) is 0.450. The third-order valence-electron chi connectivity index (χ3n) is 4.71. The Morgan fingerprint density at radius 3 is 2.79 bits per heavy atom. The lowest BCUT2D eigenvalue weighted by molar-refractivity contribution is -0.144. The highest BCUT2D eigenvalue weighted by Gasteiger charge is 2.61. The molecule has 1 aromatic rings. The van der Waals surface area contributed by atoms with Crippen molar-refractivity contribution in [1.82, 2.24) is 0 Å². The Hall–Kier alpha value is -2.23. The zero-order valence-electron chi connectivity index (χ0n) is 14.7. The van der Waals surface area contributed by atoms with Gasteiger partial charge in [-0.1, -0.05) is 37.6 Å². The van der Waals surface area contributed by atoms with Crippen LogP contribution in [0.4, 0.5) is 0 Å². The third-order valence-corrected chi connectivity index (χ3v) is 4.71. The van der Waals surface area contributed by atoms with E-state index in [1.807, 2.05) is 30.4 Å². The van der Waals surface area contributed by atoms with Gasteiger partial charge in [0.25, 0.3) is 0 Å². The van der Waals surface area contributed by atoms with Crippen LogP contribution in [-0.2, 0) is 9.53 Å². The van der Waals surface area contributed by atoms with Gasteiger partial charge in [-0.25, -0.2) is 0 Å². The van der Waals surface area contributed by atoms with Gasteiger partial charge in [-0.2, -0.15) is 0 Å². The molecule has 1 aliphatic heterocycles. The van der Waals surface area contributed by atoms with E-state index in [2.05, 4.69) is 33.8 Å². The predicted molar refractivity (Wildman–Crippen MR) is 92.8 cm³/mol. The van der Waals surface area contributed by atoms with Crippen molar-refractivity contribution in [3.8, 4) is 11.5 Å². The molecule has 0 bridgehead atoms. The SMILES string of the molecule is CC(C)=C[C@H]1[C@H](C(=O)OC/C=C/c2ccc3c(c2)OCO3)C1(C)C. The number of ether oxygens (including phenoxy) is 3. The number of carbonyl (C=O) groups is 1. The smallest absolute Gasteiger partial charge is 0.310 e. The van der Waals surface area contributed by atoms with Gasteiger partial charge >= 0.3 is 5.97 Å². The minimum atomic E-state index is -0.113. The molecule has 4 heteroatoms. The van der Waals surface area contributed by atoms with Crippen molar-refractivity contribution in [3.63, 3.8) is 0 Å². The molecule has 0 aromatic heterocycles. The fourth-order valence-electron chi connectivity index (χ4n) is 3.22. The Kier molecular flexibility index (Phi) is 4.39. The van der Waals surface area contributed by atoms with E-state index in [1.54, 1.807) is 0 Å². The van der Waals surface area contributed by atoms with Crippen LogP contribution in [0, 0.1) is 17.3 Å². The predicted octanol–water partition coefficient (Wildman–Crippen LogP) is 4.21. The maximum Gasteiger partial charge on any atom is 0.310 e. The number of carbonyl (C=O) groups excluding carboxylic acids is 1. The third kappa shape index (κ3) is 3.32. The number of hydrogen-bond donors (Lipinski definition) is 0. The summed E-state index contributed by atoms with van der Waals surface area (Å²) in [6, 6.07) is 5.74. The molecule has 0 saturated heterocycles. The van der Waals surface area contributed by atoms with Crippen LogP contribution < -0.4 is 9.47 Å². The number of allylic oxidation sites excluding steroid dienone is 2. The zero-order valence-corrected chi connectivity index (χ0v) is 14.7. The van der Waals surface area contributed by atoms with E-state index in [9.17, 15) is 4.79 Å². The molecule has 1 saturated carbocycles. The highest BCUT2D eigenvalue weighted by Crippen LogP contribution is 2.59. The molecule has 1 heterocycles. The van der Waals surface area contributed by atoms with Gasteiger partial charge in [0.15, 0.2) is 11.5 Å². The van der Waals surface area contributed by atoms with Gasteiger partial charge in [0.05, 0.1) is 5.92 Å². The van der Waals surface area contributed by atoms with Crippen molar-refractivity contribution >= 4 is 12.0 Å². The number of hydrogen-bond acceptors (Lipinski definition) is 4. The summed E-state index contributed by atoms with van der Waals surface area (Å²) < 4.78 is 16.0. The first-order chi connectivity index (χ1) is 11.4. The lowest BCUT2D eigenvalue weighted by atomic mass is 10.1. The molecular formula is C20H24O4. The molecule has 1 aliphatic carbocycles. The van der Waals surface area contributed by atoms with Gasteiger partial charge in [-0.05, 0) is 49.0 Å². The number of esters is 1. The summed E-state index contributed by atoms with van der Waals surface area (Å²) in [5, 5.41) is 0. The summed E-state index contributed by atoms with van der Waals surface area (Å²) in [5.41, 5.74) is 2.23. The van der Waals surface area contributed by atoms with Crippen LogP contribution in [0.1, 0.15) is 33.3 Å². The van der Waals surface area contributed by atoms with Crippen molar-refractivity contribution in [3.05, 3.63) is 41.5 Å². The molecule has 1 aromatic carbocycles. The molecule has 0 amide bonds. The van der Waals surface area contributed by atoms with Gasteiger partial charge in [-0.3, -0.25) is 4.79 Å². The van der Waals surface area contributed by atoms with Gasteiger partial charge in [0, 0.05) is 0 Å². The molecular weight excluding hydrogens is 304 g/mol. The highest BCUT2D eigenvalue weighted by atomic mass is 16.7. The van der Waals surface area contributed by atoms with Gasteiger partial charge in [0.2, 0.25) is 6.79 Å². The molecule has 128 valence electrons. The zero-order chi connectivity index (χ0) is 17.3. The first kappa shape index (κ1) is 16.6. The summed E-state index contributed by atoms with van der Waals surface area (Å²) in [6.07, 6.45) is 5.94.